The van der Waals surface area contributed by atoms with E-state index >= 15 is 0 Å². The SMILES string of the molecule is CN1CCOC12CCN(S(=O)(=O)c1ccc(C#N)cc1)CC2. The van der Waals surface area contributed by atoms with E-state index in [4.69, 9.17) is 10.00 Å². The number of benzene rings is 1. The van der Waals surface area contributed by atoms with Crippen molar-refractivity contribution in [3.05, 3.63) is 29.8 Å². The van der Waals surface area contributed by atoms with Crippen molar-refractivity contribution in [3.8, 4) is 6.07 Å². The first-order valence-corrected chi connectivity index (χ1v) is 8.77. The zero-order valence-electron chi connectivity index (χ0n) is 12.5. The highest BCUT2D eigenvalue weighted by molar-refractivity contribution is 7.89. The molecule has 1 spiro atoms. The molecular weight excluding hydrogens is 302 g/mol. The summed E-state index contributed by atoms with van der Waals surface area (Å²) in [4.78, 5) is 2.42. The van der Waals surface area contributed by atoms with Gasteiger partial charge in [-0.2, -0.15) is 9.57 Å². The molecule has 118 valence electrons. The average molecular weight is 321 g/mol. The minimum absolute atomic E-state index is 0.239. The second-order valence-electron chi connectivity index (χ2n) is 5.76. The van der Waals surface area contributed by atoms with E-state index < -0.39 is 10.0 Å². The number of piperidine rings is 1. The van der Waals surface area contributed by atoms with E-state index in [0.29, 0.717) is 38.1 Å². The Kier molecular flexibility index (Phi) is 3.95. The highest BCUT2D eigenvalue weighted by Crippen LogP contribution is 2.34. The van der Waals surface area contributed by atoms with Crippen LogP contribution in [0.15, 0.2) is 29.2 Å². The van der Waals surface area contributed by atoms with E-state index in [1.54, 1.807) is 0 Å². The van der Waals surface area contributed by atoms with E-state index in [2.05, 4.69) is 4.90 Å². The monoisotopic (exact) mass is 321 g/mol. The van der Waals surface area contributed by atoms with Crippen LogP contribution in [0.3, 0.4) is 0 Å². The summed E-state index contributed by atoms with van der Waals surface area (Å²) < 4.78 is 32.7. The molecule has 0 radical (unpaired) electrons. The number of likely N-dealkylation sites (N-methyl/N-ethyl adjacent to an activating group) is 1. The Labute approximate surface area is 130 Å². The zero-order chi connectivity index (χ0) is 15.8. The summed E-state index contributed by atoms with van der Waals surface area (Å²) in [5, 5.41) is 8.79. The number of ether oxygens (including phenoxy) is 1. The van der Waals surface area contributed by atoms with E-state index in [-0.39, 0.29) is 10.6 Å². The first kappa shape index (κ1) is 15.4. The van der Waals surface area contributed by atoms with Gasteiger partial charge in [-0.25, -0.2) is 8.42 Å². The van der Waals surface area contributed by atoms with Crippen LogP contribution in [0.4, 0.5) is 0 Å². The van der Waals surface area contributed by atoms with Gasteiger partial charge >= 0.3 is 0 Å². The molecule has 2 saturated heterocycles. The van der Waals surface area contributed by atoms with Crippen LogP contribution < -0.4 is 0 Å². The third-order valence-electron chi connectivity index (χ3n) is 4.62. The van der Waals surface area contributed by atoms with Crippen molar-refractivity contribution in [1.82, 2.24) is 9.21 Å². The minimum Gasteiger partial charge on any atom is -0.359 e. The third kappa shape index (κ3) is 2.52. The summed E-state index contributed by atoms with van der Waals surface area (Å²) >= 11 is 0. The molecule has 22 heavy (non-hydrogen) atoms. The molecule has 0 bridgehead atoms. The predicted molar refractivity (Wildman–Crippen MR) is 80.5 cm³/mol. The maximum Gasteiger partial charge on any atom is 0.243 e. The van der Waals surface area contributed by atoms with Crippen molar-refractivity contribution < 1.29 is 13.2 Å². The number of sulfonamides is 1. The van der Waals surface area contributed by atoms with Gasteiger partial charge in [-0.15, -0.1) is 0 Å². The summed E-state index contributed by atoms with van der Waals surface area (Å²) in [6, 6.07) is 8.05. The third-order valence-corrected chi connectivity index (χ3v) is 6.53. The maximum absolute atomic E-state index is 12.7. The average Bonchev–Trinajstić information content (AvgIpc) is 2.88. The topological polar surface area (TPSA) is 73.6 Å². The van der Waals surface area contributed by atoms with Gasteiger partial charge in [-0.3, -0.25) is 4.90 Å². The Morgan fingerprint density at radius 3 is 2.32 bits per heavy atom. The molecule has 2 aliphatic heterocycles. The predicted octanol–water partition coefficient (Wildman–Crippen LogP) is 1.00. The van der Waals surface area contributed by atoms with E-state index in [0.717, 1.165) is 6.54 Å². The molecule has 2 heterocycles. The van der Waals surface area contributed by atoms with Gasteiger partial charge in [0, 0.05) is 32.5 Å². The Morgan fingerprint density at radius 2 is 1.82 bits per heavy atom. The number of nitrogens with zero attached hydrogens (tertiary/aromatic N) is 3. The van der Waals surface area contributed by atoms with Crippen molar-refractivity contribution in [2.24, 2.45) is 0 Å². The Morgan fingerprint density at radius 1 is 1.18 bits per heavy atom. The fraction of sp³-hybridized carbons (Fsp3) is 0.533. The Bertz CT molecular complexity index is 686. The Hall–Kier alpha value is -1.46. The lowest BCUT2D eigenvalue weighted by Crippen LogP contribution is -2.52. The van der Waals surface area contributed by atoms with Crippen LogP contribution in [0.5, 0.6) is 0 Å². The number of nitriles is 1. The molecule has 3 rings (SSSR count). The smallest absolute Gasteiger partial charge is 0.243 e. The summed E-state index contributed by atoms with van der Waals surface area (Å²) in [5.74, 6) is 0. The second kappa shape index (κ2) is 5.63. The molecule has 0 aromatic heterocycles. The van der Waals surface area contributed by atoms with Crippen LogP contribution in [0.2, 0.25) is 0 Å². The van der Waals surface area contributed by atoms with Crippen molar-refractivity contribution in [3.63, 3.8) is 0 Å². The highest BCUT2D eigenvalue weighted by atomic mass is 32.2. The van der Waals surface area contributed by atoms with Gasteiger partial charge < -0.3 is 4.74 Å². The second-order valence-corrected chi connectivity index (χ2v) is 7.69. The van der Waals surface area contributed by atoms with Crippen molar-refractivity contribution >= 4 is 10.0 Å². The van der Waals surface area contributed by atoms with E-state index in [1.807, 2.05) is 13.1 Å². The van der Waals surface area contributed by atoms with Crippen LogP contribution in [0.25, 0.3) is 0 Å². The van der Waals surface area contributed by atoms with Crippen LogP contribution in [-0.2, 0) is 14.8 Å². The Balaban J connectivity index is 1.75. The van der Waals surface area contributed by atoms with Gasteiger partial charge in [0.05, 0.1) is 23.1 Å². The standard InChI is InChI=1S/C15H19N3O3S/c1-17-10-11-21-15(17)6-8-18(9-7-15)22(19,20)14-4-2-13(12-16)3-5-14/h2-5H,6-11H2,1H3. The van der Waals surface area contributed by atoms with Crippen LogP contribution in [-0.4, -0.2) is 56.6 Å². The fourth-order valence-electron chi connectivity index (χ4n) is 3.14. The molecule has 1 aromatic carbocycles. The molecular formula is C15H19N3O3S. The number of rotatable bonds is 2. The lowest BCUT2D eigenvalue weighted by atomic mass is 10.0. The van der Waals surface area contributed by atoms with Crippen LogP contribution >= 0.6 is 0 Å². The summed E-state index contributed by atoms with van der Waals surface area (Å²) in [7, 11) is -1.48. The fourth-order valence-corrected chi connectivity index (χ4v) is 4.58. The molecule has 2 fully saturated rings. The first-order chi connectivity index (χ1) is 10.5. The number of hydrogen-bond donors (Lipinski definition) is 0. The molecule has 0 amide bonds. The lowest BCUT2D eigenvalue weighted by molar-refractivity contribution is -0.102. The lowest BCUT2D eigenvalue weighted by Gasteiger charge is -2.41. The van der Waals surface area contributed by atoms with E-state index in [9.17, 15) is 8.42 Å². The summed E-state index contributed by atoms with van der Waals surface area (Å²) in [5.41, 5.74) is 0.161. The first-order valence-electron chi connectivity index (χ1n) is 7.33. The molecule has 1 aromatic rings. The zero-order valence-corrected chi connectivity index (χ0v) is 13.3. The maximum atomic E-state index is 12.7. The molecule has 6 nitrogen and oxygen atoms in total. The molecule has 0 saturated carbocycles. The van der Waals surface area contributed by atoms with Gasteiger partial charge in [0.2, 0.25) is 10.0 Å². The van der Waals surface area contributed by atoms with Gasteiger partial charge in [-0.05, 0) is 31.3 Å². The largest absolute Gasteiger partial charge is 0.359 e. The molecule has 0 N–H and O–H groups in total. The highest BCUT2D eigenvalue weighted by Gasteiger charge is 2.44. The van der Waals surface area contributed by atoms with Gasteiger partial charge in [0.25, 0.3) is 0 Å². The van der Waals surface area contributed by atoms with E-state index in [1.165, 1.54) is 28.6 Å². The van der Waals surface area contributed by atoms with Crippen molar-refractivity contribution in [2.45, 2.75) is 23.5 Å². The molecule has 2 aliphatic rings. The minimum atomic E-state index is -3.50. The van der Waals surface area contributed by atoms with Crippen molar-refractivity contribution in [2.75, 3.05) is 33.3 Å². The van der Waals surface area contributed by atoms with Crippen molar-refractivity contribution in [1.29, 1.82) is 5.26 Å². The van der Waals surface area contributed by atoms with Gasteiger partial charge in [0.15, 0.2) is 0 Å². The summed E-state index contributed by atoms with van der Waals surface area (Å²) in [6.45, 7) is 2.50. The normalized spacial score (nSPS) is 22.7. The molecule has 0 atom stereocenters. The summed E-state index contributed by atoms with van der Waals surface area (Å²) in [6.07, 6.45) is 1.36. The van der Waals surface area contributed by atoms with Crippen LogP contribution in [0, 0.1) is 11.3 Å². The number of hydrogen-bond acceptors (Lipinski definition) is 5. The quantitative estimate of drug-likeness (QED) is 0.812. The molecule has 0 unspecified atom stereocenters. The molecule has 0 aliphatic carbocycles. The molecule has 7 heteroatoms. The van der Waals surface area contributed by atoms with Gasteiger partial charge in [0.1, 0.15) is 5.72 Å². The van der Waals surface area contributed by atoms with Crippen LogP contribution in [0.1, 0.15) is 18.4 Å². The van der Waals surface area contributed by atoms with Gasteiger partial charge in [-0.1, -0.05) is 0 Å².